The normalized spacial score (nSPS) is 12.1. The number of benzene rings is 1. The number of nitrogens with zero attached hydrogens (tertiary/aromatic N) is 1. The first-order valence-electron chi connectivity index (χ1n) is 4.57. The van der Waals surface area contributed by atoms with E-state index in [0.29, 0.717) is 10.9 Å². The van der Waals surface area contributed by atoms with E-state index in [0.717, 1.165) is 5.56 Å². The predicted octanol–water partition coefficient (Wildman–Crippen LogP) is 2.62. The Morgan fingerprint density at radius 2 is 2.25 bits per heavy atom. The number of rotatable bonds is 4. The average Bonchev–Trinajstić information content (AvgIpc) is 2.20. The highest BCUT2D eigenvalue weighted by Crippen LogP contribution is 2.25. The van der Waals surface area contributed by atoms with Crippen LogP contribution in [0.3, 0.4) is 0 Å². The standard InChI is InChI=1S/C10H10BrNO4/c1-6(10(13)14)4-7-2-3-8(12(15)16)5-9(7)11/h2-3,5-6H,4H2,1H3,(H,13,14). The lowest BCUT2D eigenvalue weighted by Crippen LogP contribution is -2.12. The molecule has 0 aromatic heterocycles. The van der Waals surface area contributed by atoms with Gasteiger partial charge in [-0.1, -0.05) is 28.9 Å². The van der Waals surface area contributed by atoms with Crippen LogP contribution in [-0.4, -0.2) is 16.0 Å². The molecular formula is C10H10BrNO4. The third-order valence-electron chi connectivity index (χ3n) is 2.20. The van der Waals surface area contributed by atoms with Crippen LogP contribution in [0.25, 0.3) is 0 Å². The molecule has 0 aliphatic carbocycles. The van der Waals surface area contributed by atoms with Gasteiger partial charge in [-0.3, -0.25) is 14.9 Å². The highest BCUT2D eigenvalue weighted by molar-refractivity contribution is 9.10. The number of carboxylic acids is 1. The second kappa shape index (κ2) is 5.07. The second-order valence-corrected chi connectivity index (χ2v) is 4.33. The molecule has 0 aliphatic rings. The first-order chi connectivity index (χ1) is 7.41. The molecule has 0 bridgehead atoms. The van der Waals surface area contributed by atoms with Crippen LogP contribution in [0.15, 0.2) is 22.7 Å². The minimum atomic E-state index is -0.884. The Labute approximate surface area is 100 Å². The number of nitro benzene ring substituents is 1. The Kier molecular flexibility index (Phi) is 4.00. The maximum Gasteiger partial charge on any atom is 0.306 e. The fourth-order valence-corrected chi connectivity index (χ4v) is 1.76. The molecule has 0 radical (unpaired) electrons. The SMILES string of the molecule is CC(Cc1ccc([N+](=O)[O-])cc1Br)C(=O)O. The molecule has 1 N–H and O–H groups in total. The molecule has 0 amide bonds. The van der Waals surface area contributed by atoms with Crippen molar-refractivity contribution in [2.24, 2.45) is 5.92 Å². The van der Waals surface area contributed by atoms with Crippen molar-refractivity contribution in [2.45, 2.75) is 13.3 Å². The highest BCUT2D eigenvalue weighted by Gasteiger charge is 2.15. The largest absolute Gasteiger partial charge is 0.481 e. The summed E-state index contributed by atoms with van der Waals surface area (Å²) in [5, 5.41) is 19.2. The lowest BCUT2D eigenvalue weighted by atomic mass is 10.0. The molecule has 16 heavy (non-hydrogen) atoms. The minimum Gasteiger partial charge on any atom is -0.481 e. The van der Waals surface area contributed by atoms with Gasteiger partial charge in [-0.15, -0.1) is 0 Å². The van der Waals surface area contributed by atoms with Crippen LogP contribution < -0.4 is 0 Å². The Bertz CT molecular complexity index is 433. The molecule has 1 aromatic rings. The van der Waals surface area contributed by atoms with Crippen molar-refractivity contribution in [3.05, 3.63) is 38.3 Å². The van der Waals surface area contributed by atoms with E-state index in [1.807, 2.05) is 0 Å². The van der Waals surface area contributed by atoms with Gasteiger partial charge in [0.25, 0.3) is 5.69 Å². The Hall–Kier alpha value is -1.43. The molecule has 0 saturated carbocycles. The van der Waals surface area contributed by atoms with E-state index in [-0.39, 0.29) is 5.69 Å². The quantitative estimate of drug-likeness (QED) is 0.682. The minimum absolute atomic E-state index is 0.0152. The lowest BCUT2D eigenvalue weighted by Gasteiger charge is -2.07. The zero-order chi connectivity index (χ0) is 12.3. The van der Waals surface area contributed by atoms with Crippen LogP contribution in [0.2, 0.25) is 0 Å². The highest BCUT2D eigenvalue weighted by atomic mass is 79.9. The molecule has 1 atom stereocenters. The van der Waals surface area contributed by atoms with Gasteiger partial charge in [0, 0.05) is 16.6 Å². The van der Waals surface area contributed by atoms with Crippen LogP contribution in [0, 0.1) is 16.0 Å². The summed E-state index contributed by atoms with van der Waals surface area (Å²) in [4.78, 5) is 20.7. The number of aliphatic carboxylic acids is 1. The van der Waals surface area contributed by atoms with Crippen LogP contribution >= 0.6 is 15.9 Å². The zero-order valence-electron chi connectivity index (χ0n) is 8.51. The smallest absolute Gasteiger partial charge is 0.306 e. The number of nitro groups is 1. The van der Waals surface area contributed by atoms with Gasteiger partial charge < -0.3 is 5.11 Å². The van der Waals surface area contributed by atoms with E-state index in [1.165, 1.54) is 12.1 Å². The van der Waals surface area contributed by atoms with Gasteiger partial charge in [-0.2, -0.15) is 0 Å². The summed E-state index contributed by atoms with van der Waals surface area (Å²) >= 11 is 3.20. The van der Waals surface area contributed by atoms with E-state index >= 15 is 0 Å². The predicted molar refractivity (Wildman–Crippen MR) is 61.3 cm³/mol. The van der Waals surface area contributed by atoms with E-state index in [2.05, 4.69) is 15.9 Å². The fourth-order valence-electron chi connectivity index (χ4n) is 1.23. The van der Waals surface area contributed by atoms with Crippen LogP contribution in [0.5, 0.6) is 0 Å². The zero-order valence-corrected chi connectivity index (χ0v) is 10.1. The molecule has 0 aliphatic heterocycles. The molecule has 0 saturated heterocycles. The molecule has 0 spiro atoms. The molecule has 1 unspecified atom stereocenters. The lowest BCUT2D eigenvalue weighted by molar-refractivity contribution is -0.384. The fraction of sp³-hybridized carbons (Fsp3) is 0.300. The van der Waals surface area contributed by atoms with Gasteiger partial charge in [0.15, 0.2) is 0 Å². The first kappa shape index (κ1) is 12.6. The number of hydrogen-bond donors (Lipinski definition) is 1. The van der Waals surface area contributed by atoms with E-state index in [9.17, 15) is 14.9 Å². The number of non-ortho nitro benzene ring substituents is 1. The molecule has 1 rings (SSSR count). The number of hydrogen-bond acceptors (Lipinski definition) is 3. The molecule has 5 nitrogen and oxygen atoms in total. The van der Waals surface area contributed by atoms with Crippen molar-refractivity contribution in [1.82, 2.24) is 0 Å². The Morgan fingerprint density at radius 1 is 1.62 bits per heavy atom. The summed E-state index contributed by atoms with van der Waals surface area (Å²) < 4.78 is 0.565. The summed E-state index contributed by atoms with van der Waals surface area (Å²) in [6, 6.07) is 4.32. The van der Waals surface area contributed by atoms with Crippen molar-refractivity contribution in [3.63, 3.8) is 0 Å². The monoisotopic (exact) mass is 287 g/mol. The van der Waals surface area contributed by atoms with Gasteiger partial charge in [-0.05, 0) is 12.0 Å². The van der Waals surface area contributed by atoms with Gasteiger partial charge >= 0.3 is 5.97 Å². The van der Waals surface area contributed by atoms with Crippen molar-refractivity contribution in [1.29, 1.82) is 0 Å². The topological polar surface area (TPSA) is 80.4 Å². The summed E-state index contributed by atoms with van der Waals surface area (Å²) in [6.07, 6.45) is 0.341. The Morgan fingerprint density at radius 3 is 2.69 bits per heavy atom. The first-order valence-corrected chi connectivity index (χ1v) is 5.36. The van der Waals surface area contributed by atoms with Crippen molar-refractivity contribution in [3.8, 4) is 0 Å². The summed E-state index contributed by atoms with van der Waals surface area (Å²) in [7, 11) is 0. The van der Waals surface area contributed by atoms with Crippen LogP contribution in [0.1, 0.15) is 12.5 Å². The maximum absolute atomic E-state index is 10.7. The third-order valence-corrected chi connectivity index (χ3v) is 2.93. The molecule has 1 aromatic carbocycles. The molecule has 0 fully saturated rings. The summed E-state index contributed by atoms with van der Waals surface area (Å²) in [6.45, 7) is 1.59. The third kappa shape index (κ3) is 3.03. The van der Waals surface area contributed by atoms with Crippen LogP contribution in [-0.2, 0) is 11.2 Å². The molecule has 0 heterocycles. The molecule has 86 valence electrons. The van der Waals surface area contributed by atoms with Gasteiger partial charge in [0.2, 0.25) is 0 Å². The van der Waals surface area contributed by atoms with Gasteiger partial charge in [-0.25, -0.2) is 0 Å². The molecular weight excluding hydrogens is 278 g/mol. The maximum atomic E-state index is 10.7. The average molecular weight is 288 g/mol. The van der Waals surface area contributed by atoms with Crippen molar-refractivity contribution >= 4 is 27.6 Å². The number of halogens is 1. The molecule has 6 heteroatoms. The van der Waals surface area contributed by atoms with Gasteiger partial charge in [0.1, 0.15) is 0 Å². The number of carboxylic acid groups (broad SMARTS) is 1. The van der Waals surface area contributed by atoms with E-state index in [4.69, 9.17) is 5.11 Å². The summed E-state index contributed by atoms with van der Waals surface area (Å²) in [5.41, 5.74) is 0.735. The summed E-state index contributed by atoms with van der Waals surface area (Å²) in [5.74, 6) is -1.40. The van der Waals surface area contributed by atoms with Crippen LogP contribution in [0.4, 0.5) is 5.69 Å². The van der Waals surface area contributed by atoms with Crippen molar-refractivity contribution < 1.29 is 14.8 Å². The Balaban J connectivity index is 2.91. The van der Waals surface area contributed by atoms with Gasteiger partial charge in [0.05, 0.1) is 10.8 Å². The van der Waals surface area contributed by atoms with E-state index in [1.54, 1.807) is 13.0 Å². The van der Waals surface area contributed by atoms with E-state index < -0.39 is 16.8 Å². The number of carbonyl (C=O) groups is 1. The van der Waals surface area contributed by atoms with Crippen molar-refractivity contribution in [2.75, 3.05) is 0 Å². The second-order valence-electron chi connectivity index (χ2n) is 3.48.